The molecule has 1 amide bonds. The summed E-state index contributed by atoms with van der Waals surface area (Å²) in [6.07, 6.45) is 0.874. The second-order valence-corrected chi connectivity index (χ2v) is 4.01. The maximum atomic E-state index is 11.4. The fourth-order valence-electron chi connectivity index (χ4n) is 1.45. The fraction of sp³-hybridized carbons (Fsp3) is 0.429. The van der Waals surface area contributed by atoms with Crippen molar-refractivity contribution in [2.45, 2.75) is 19.4 Å². The van der Waals surface area contributed by atoms with Gasteiger partial charge in [0, 0.05) is 13.0 Å². The van der Waals surface area contributed by atoms with Crippen molar-refractivity contribution in [2.75, 3.05) is 20.3 Å². The summed E-state index contributed by atoms with van der Waals surface area (Å²) >= 11 is 0. The van der Waals surface area contributed by atoms with Gasteiger partial charge in [0.2, 0.25) is 5.91 Å². The molecule has 1 aromatic carbocycles. The lowest BCUT2D eigenvalue weighted by molar-refractivity contribution is -0.140. The van der Waals surface area contributed by atoms with Gasteiger partial charge in [-0.05, 0) is 12.0 Å². The van der Waals surface area contributed by atoms with Crippen molar-refractivity contribution < 1.29 is 19.1 Å². The summed E-state index contributed by atoms with van der Waals surface area (Å²) in [5.74, 6) is -0.449. The third-order valence-electron chi connectivity index (χ3n) is 2.45. The molecule has 19 heavy (non-hydrogen) atoms. The van der Waals surface area contributed by atoms with Crippen molar-refractivity contribution in [3.8, 4) is 0 Å². The van der Waals surface area contributed by atoms with Gasteiger partial charge in [0.15, 0.2) is 0 Å². The average molecular weight is 265 g/mol. The Balaban J connectivity index is 2.04. The third-order valence-corrected chi connectivity index (χ3v) is 2.45. The minimum atomic E-state index is -0.269. The Morgan fingerprint density at radius 3 is 2.63 bits per heavy atom. The summed E-state index contributed by atoms with van der Waals surface area (Å²) in [6, 6.07) is 9.65. The molecule has 0 heterocycles. The van der Waals surface area contributed by atoms with Crippen LogP contribution in [0.25, 0.3) is 0 Å². The summed E-state index contributed by atoms with van der Waals surface area (Å²) in [7, 11) is 1.35. The number of carbonyl (C=O) groups is 2. The molecule has 0 aromatic heterocycles. The van der Waals surface area contributed by atoms with Gasteiger partial charge < -0.3 is 14.8 Å². The maximum Gasteiger partial charge on any atom is 0.305 e. The van der Waals surface area contributed by atoms with Crippen molar-refractivity contribution >= 4 is 11.9 Å². The molecular formula is C14H19NO4. The summed E-state index contributed by atoms with van der Waals surface area (Å²) in [5.41, 5.74) is 1.03. The largest absolute Gasteiger partial charge is 0.469 e. The van der Waals surface area contributed by atoms with Gasteiger partial charge in [0.05, 0.1) is 13.7 Å². The summed E-state index contributed by atoms with van der Waals surface area (Å²) < 4.78 is 9.77. The first kappa shape index (κ1) is 15.2. The number of esters is 1. The Hall–Kier alpha value is -1.88. The van der Waals surface area contributed by atoms with E-state index in [0.29, 0.717) is 26.0 Å². The Morgan fingerprint density at radius 2 is 1.95 bits per heavy atom. The third kappa shape index (κ3) is 7.21. The number of ether oxygens (including phenoxy) is 2. The Bertz CT molecular complexity index is 392. The first-order valence-corrected chi connectivity index (χ1v) is 6.17. The van der Waals surface area contributed by atoms with Gasteiger partial charge in [-0.3, -0.25) is 9.59 Å². The van der Waals surface area contributed by atoms with E-state index in [1.165, 1.54) is 7.11 Å². The number of amides is 1. The van der Waals surface area contributed by atoms with E-state index in [9.17, 15) is 9.59 Å². The van der Waals surface area contributed by atoms with Crippen LogP contribution in [0.1, 0.15) is 18.4 Å². The zero-order chi connectivity index (χ0) is 13.9. The second kappa shape index (κ2) is 9.10. The summed E-state index contributed by atoms with van der Waals surface area (Å²) in [4.78, 5) is 22.2. The van der Waals surface area contributed by atoms with E-state index in [-0.39, 0.29) is 18.5 Å². The first-order chi connectivity index (χ1) is 9.22. The predicted octanol–water partition coefficient (Wildman–Crippen LogP) is 1.27. The van der Waals surface area contributed by atoms with E-state index >= 15 is 0 Å². The van der Waals surface area contributed by atoms with Crippen LogP contribution in [0, 0.1) is 0 Å². The standard InChI is InChI=1S/C14H19NO4/c1-18-14(17)8-5-9-15-13(16)11-19-10-12-6-3-2-4-7-12/h2-4,6-7H,5,8-11H2,1H3,(H,15,16). The minimum Gasteiger partial charge on any atom is -0.469 e. The molecule has 5 heteroatoms. The van der Waals surface area contributed by atoms with E-state index < -0.39 is 0 Å². The number of rotatable bonds is 8. The van der Waals surface area contributed by atoms with Crippen LogP contribution in [0.2, 0.25) is 0 Å². The average Bonchev–Trinajstić information content (AvgIpc) is 2.44. The zero-order valence-electron chi connectivity index (χ0n) is 11.1. The molecule has 104 valence electrons. The lowest BCUT2D eigenvalue weighted by Crippen LogP contribution is -2.28. The van der Waals surface area contributed by atoms with Crippen LogP contribution in [0.5, 0.6) is 0 Å². The highest BCUT2D eigenvalue weighted by atomic mass is 16.5. The van der Waals surface area contributed by atoms with E-state index in [4.69, 9.17) is 4.74 Å². The molecule has 0 unspecified atom stereocenters. The molecule has 0 radical (unpaired) electrons. The van der Waals surface area contributed by atoms with Crippen LogP contribution in [-0.2, 0) is 25.7 Å². The number of carbonyl (C=O) groups excluding carboxylic acids is 2. The van der Waals surface area contributed by atoms with Crippen molar-refractivity contribution in [1.82, 2.24) is 5.32 Å². The van der Waals surface area contributed by atoms with Gasteiger partial charge in [-0.2, -0.15) is 0 Å². The van der Waals surface area contributed by atoms with E-state index in [1.54, 1.807) is 0 Å². The lowest BCUT2D eigenvalue weighted by Gasteiger charge is -2.06. The maximum absolute atomic E-state index is 11.4. The topological polar surface area (TPSA) is 64.6 Å². The molecule has 1 N–H and O–H groups in total. The van der Waals surface area contributed by atoms with Crippen LogP contribution in [0.15, 0.2) is 30.3 Å². The molecule has 0 fully saturated rings. The molecule has 0 saturated heterocycles. The van der Waals surface area contributed by atoms with Gasteiger partial charge in [-0.15, -0.1) is 0 Å². The van der Waals surface area contributed by atoms with Gasteiger partial charge in [0.1, 0.15) is 6.61 Å². The molecule has 0 aliphatic rings. The number of nitrogens with one attached hydrogen (secondary N) is 1. The second-order valence-electron chi connectivity index (χ2n) is 4.01. The number of hydrogen-bond acceptors (Lipinski definition) is 4. The summed E-state index contributed by atoms with van der Waals surface area (Å²) in [5, 5.41) is 2.68. The highest BCUT2D eigenvalue weighted by molar-refractivity contribution is 5.77. The highest BCUT2D eigenvalue weighted by Crippen LogP contribution is 1.99. The minimum absolute atomic E-state index is 0.0210. The van der Waals surface area contributed by atoms with Crippen molar-refractivity contribution in [3.05, 3.63) is 35.9 Å². The molecule has 0 spiro atoms. The SMILES string of the molecule is COC(=O)CCCNC(=O)COCc1ccccc1. The molecule has 0 bridgehead atoms. The van der Waals surface area contributed by atoms with Gasteiger partial charge >= 0.3 is 5.97 Å². The Kier molecular flexibility index (Phi) is 7.27. The van der Waals surface area contributed by atoms with E-state index in [2.05, 4.69) is 10.1 Å². The molecule has 5 nitrogen and oxygen atoms in total. The fourth-order valence-corrected chi connectivity index (χ4v) is 1.45. The van der Waals surface area contributed by atoms with Crippen LogP contribution >= 0.6 is 0 Å². The van der Waals surface area contributed by atoms with Crippen molar-refractivity contribution in [2.24, 2.45) is 0 Å². The van der Waals surface area contributed by atoms with Crippen molar-refractivity contribution in [3.63, 3.8) is 0 Å². The van der Waals surface area contributed by atoms with Crippen LogP contribution in [0.4, 0.5) is 0 Å². The lowest BCUT2D eigenvalue weighted by atomic mass is 10.2. The number of hydrogen-bond donors (Lipinski definition) is 1. The molecule has 1 rings (SSSR count). The molecule has 0 aliphatic heterocycles. The van der Waals surface area contributed by atoms with Gasteiger partial charge in [-0.1, -0.05) is 30.3 Å². The molecule has 0 aliphatic carbocycles. The Labute approximate surface area is 112 Å². The Morgan fingerprint density at radius 1 is 1.21 bits per heavy atom. The van der Waals surface area contributed by atoms with Gasteiger partial charge in [0.25, 0.3) is 0 Å². The molecule has 1 aromatic rings. The normalized spacial score (nSPS) is 9.95. The monoisotopic (exact) mass is 265 g/mol. The van der Waals surface area contributed by atoms with Crippen molar-refractivity contribution in [1.29, 1.82) is 0 Å². The highest BCUT2D eigenvalue weighted by Gasteiger charge is 2.03. The van der Waals surface area contributed by atoms with Crippen LogP contribution < -0.4 is 5.32 Å². The van der Waals surface area contributed by atoms with Crippen LogP contribution in [0.3, 0.4) is 0 Å². The van der Waals surface area contributed by atoms with Gasteiger partial charge in [-0.25, -0.2) is 0 Å². The zero-order valence-corrected chi connectivity index (χ0v) is 11.1. The molecule has 0 saturated carbocycles. The smallest absolute Gasteiger partial charge is 0.305 e. The molecule has 0 atom stereocenters. The quantitative estimate of drug-likeness (QED) is 0.568. The van der Waals surface area contributed by atoms with E-state index in [1.807, 2.05) is 30.3 Å². The van der Waals surface area contributed by atoms with Crippen LogP contribution in [-0.4, -0.2) is 32.1 Å². The first-order valence-electron chi connectivity index (χ1n) is 6.17. The predicted molar refractivity (Wildman–Crippen MR) is 70.4 cm³/mol. The molecular weight excluding hydrogens is 246 g/mol. The summed E-state index contributed by atoms with van der Waals surface area (Å²) in [6.45, 7) is 0.881. The number of benzene rings is 1. The number of methoxy groups -OCH3 is 1. The van der Waals surface area contributed by atoms with E-state index in [0.717, 1.165) is 5.56 Å².